The molecule has 1 atom stereocenters. The summed E-state index contributed by atoms with van der Waals surface area (Å²) >= 11 is 0. The second kappa shape index (κ2) is 8.75. The van der Waals surface area contributed by atoms with Crippen LogP contribution >= 0.6 is 0 Å². The molecule has 6 heteroatoms. The second-order valence-corrected chi connectivity index (χ2v) is 8.16. The van der Waals surface area contributed by atoms with Gasteiger partial charge in [0.2, 0.25) is 0 Å². The maximum atomic E-state index is 13.2. The minimum absolute atomic E-state index is 0.155. The molecule has 1 amide bonds. The van der Waals surface area contributed by atoms with Crippen LogP contribution in [0.4, 0.5) is 0 Å². The van der Waals surface area contributed by atoms with Crippen molar-refractivity contribution in [2.75, 3.05) is 0 Å². The zero-order valence-corrected chi connectivity index (χ0v) is 19.0. The molecule has 162 valence electrons. The summed E-state index contributed by atoms with van der Waals surface area (Å²) < 4.78 is 1.87. The number of benzene rings is 2. The van der Waals surface area contributed by atoms with Crippen molar-refractivity contribution in [3.8, 4) is 22.3 Å². The van der Waals surface area contributed by atoms with E-state index in [-0.39, 0.29) is 11.9 Å². The van der Waals surface area contributed by atoms with Gasteiger partial charge in [0.15, 0.2) is 0 Å². The fourth-order valence-electron chi connectivity index (χ4n) is 3.90. The lowest BCUT2D eigenvalue weighted by Gasteiger charge is -2.15. The lowest BCUT2D eigenvalue weighted by molar-refractivity contribution is 0.0939. The Labute approximate surface area is 188 Å². The molecule has 1 unspecified atom stereocenters. The standard InChI is InChI=1S/C26H27N5O/c1-16-6-8-20(9-7-16)21-12-22(25-18(3)30-31(5)19(25)4)14-23(13-21)26(32)29-17(2)24-15-27-10-11-28-24/h6-15,17H,1-5H3,(H,29,32). The molecule has 2 aromatic carbocycles. The van der Waals surface area contributed by atoms with Gasteiger partial charge in [-0.25, -0.2) is 0 Å². The van der Waals surface area contributed by atoms with Crippen molar-refractivity contribution in [3.63, 3.8) is 0 Å². The molecule has 4 aromatic rings. The number of carbonyl (C=O) groups excluding carboxylic acids is 1. The average molecular weight is 426 g/mol. The van der Waals surface area contributed by atoms with Crippen LogP contribution in [-0.4, -0.2) is 25.7 Å². The first-order valence-corrected chi connectivity index (χ1v) is 10.6. The third kappa shape index (κ3) is 4.30. The van der Waals surface area contributed by atoms with Gasteiger partial charge in [0.1, 0.15) is 0 Å². The zero-order chi connectivity index (χ0) is 22.8. The molecule has 0 radical (unpaired) electrons. The first-order valence-electron chi connectivity index (χ1n) is 10.6. The molecule has 4 rings (SSSR count). The summed E-state index contributed by atoms with van der Waals surface area (Å²) in [6.45, 7) is 8.01. The van der Waals surface area contributed by atoms with E-state index in [1.165, 1.54) is 5.56 Å². The number of nitrogens with one attached hydrogen (secondary N) is 1. The van der Waals surface area contributed by atoms with Crippen LogP contribution in [0, 0.1) is 20.8 Å². The van der Waals surface area contributed by atoms with Crippen LogP contribution < -0.4 is 5.32 Å². The fraction of sp³-hybridized carbons (Fsp3) is 0.231. The van der Waals surface area contributed by atoms with Crippen molar-refractivity contribution in [2.45, 2.75) is 33.7 Å². The Balaban J connectivity index is 1.78. The number of amides is 1. The van der Waals surface area contributed by atoms with Crippen LogP contribution in [0.2, 0.25) is 0 Å². The van der Waals surface area contributed by atoms with Crippen molar-refractivity contribution in [3.05, 3.63) is 89.3 Å². The number of carbonyl (C=O) groups is 1. The maximum absolute atomic E-state index is 13.2. The molecule has 0 saturated carbocycles. The van der Waals surface area contributed by atoms with Crippen LogP contribution in [0.15, 0.2) is 61.1 Å². The smallest absolute Gasteiger partial charge is 0.251 e. The highest BCUT2D eigenvalue weighted by Crippen LogP contribution is 2.32. The highest BCUT2D eigenvalue weighted by Gasteiger charge is 2.18. The third-order valence-electron chi connectivity index (χ3n) is 5.75. The lowest BCUT2D eigenvalue weighted by Crippen LogP contribution is -2.27. The fourth-order valence-corrected chi connectivity index (χ4v) is 3.90. The Morgan fingerprint density at radius 2 is 1.69 bits per heavy atom. The minimum atomic E-state index is -0.260. The van der Waals surface area contributed by atoms with E-state index in [1.807, 2.05) is 44.6 Å². The van der Waals surface area contributed by atoms with Gasteiger partial charge in [0.25, 0.3) is 5.91 Å². The van der Waals surface area contributed by atoms with E-state index in [0.29, 0.717) is 5.56 Å². The Bertz CT molecular complexity index is 1260. The Hall–Kier alpha value is -3.80. The summed E-state index contributed by atoms with van der Waals surface area (Å²) in [7, 11) is 1.94. The van der Waals surface area contributed by atoms with Crippen LogP contribution in [0.5, 0.6) is 0 Å². The average Bonchev–Trinajstić information content (AvgIpc) is 3.05. The molecule has 0 aliphatic heterocycles. The topological polar surface area (TPSA) is 72.7 Å². The van der Waals surface area contributed by atoms with E-state index in [0.717, 1.165) is 39.3 Å². The summed E-state index contributed by atoms with van der Waals surface area (Å²) in [4.78, 5) is 21.6. The molecule has 6 nitrogen and oxygen atoms in total. The highest BCUT2D eigenvalue weighted by molar-refractivity contribution is 5.97. The van der Waals surface area contributed by atoms with E-state index in [4.69, 9.17) is 0 Å². The van der Waals surface area contributed by atoms with E-state index >= 15 is 0 Å². The molecule has 0 aliphatic carbocycles. The summed E-state index contributed by atoms with van der Waals surface area (Å²) in [5.74, 6) is -0.155. The molecule has 0 spiro atoms. The lowest BCUT2D eigenvalue weighted by atomic mass is 9.94. The number of rotatable bonds is 5. The van der Waals surface area contributed by atoms with Crippen molar-refractivity contribution in [1.29, 1.82) is 0 Å². The van der Waals surface area contributed by atoms with Gasteiger partial charge in [-0.1, -0.05) is 29.8 Å². The molecule has 2 aromatic heterocycles. The zero-order valence-electron chi connectivity index (χ0n) is 19.0. The summed E-state index contributed by atoms with van der Waals surface area (Å²) in [6, 6.07) is 14.1. The summed E-state index contributed by atoms with van der Waals surface area (Å²) in [6.07, 6.45) is 4.91. The van der Waals surface area contributed by atoms with Crippen molar-refractivity contribution < 1.29 is 4.79 Å². The van der Waals surface area contributed by atoms with E-state index in [1.54, 1.807) is 18.6 Å². The van der Waals surface area contributed by atoms with Gasteiger partial charge in [-0.15, -0.1) is 0 Å². The number of aryl methyl sites for hydroxylation is 3. The highest BCUT2D eigenvalue weighted by atomic mass is 16.1. The maximum Gasteiger partial charge on any atom is 0.251 e. The van der Waals surface area contributed by atoms with Gasteiger partial charge in [-0.2, -0.15) is 5.10 Å². The quantitative estimate of drug-likeness (QED) is 0.490. The van der Waals surface area contributed by atoms with Gasteiger partial charge in [0.05, 0.1) is 23.6 Å². The number of hydrogen-bond acceptors (Lipinski definition) is 4. The SMILES string of the molecule is Cc1ccc(-c2cc(C(=O)NC(C)c3cnccn3)cc(-c3c(C)nn(C)c3C)c2)cc1. The Morgan fingerprint density at radius 1 is 0.969 bits per heavy atom. The molecule has 2 heterocycles. The molecule has 32 heavy (non-hydrogen) atoms. The Morgan fingerprint density at radius 3 is 2.31 bits per heavy atom. The van der Waals surface area contributed by atoms with Crippen LogP contribution in [0.25, 0.3) is 22.3 Å². The first kappa shape index (κ1) is 21.4. The van der Waals surface area contributed by atoms with Crippen molar-refractivity contribution >= 4 is 5.91 Å². The molecule has 0 fully saturated rings. The molecule has 0 bridgehead atoms. The summed E-state index contributed by atoms with van der Waals surface area (Å²) in [5.41, 5.74) is 8.58. The Kier molecular flexibility index (Phi) is 5.86. The summed E-state index contributed by atoms with van der Waals surface area (Å²) in [5, 5.41) is 7.62. The van der Waals surface area contributed by atoms with Gasteiger partial charge < -0.3 is 5.32 Å². The molecule has 1 N–H and O–H groups in total. The molecular formula is C26H27N5O. The van der Waals surface area contributed by atoms with Crippen molar-refractivity contribution in [2.24, 2.45) is 7.05 Å². The normalized spacial score (nSPS) is 11.9. The first-order chi connectivity index (χ1) is 15.3. The van der Waals surface area contributed by atoms with Gasteiger partial charge >= 0.3 is 0 Å². The number of aromatic nitrogens is 4. The molecular weight excluding hydrogens is 398 g/mol. The van der Waals surface area contributed by atoms with E-state index in [9.17, 15) is 4.79 Å². The van der Waals surface area contributed by atoms with Crippen LogP contribution in [0.1, 0.15) is 46.0 Å². The van der Waals surface area contributed by atoms with Gasteiger partial charge in [0, 0.05) is 36.3 Å². The number of nitrogens with zero attached hydrogens (tertiary/aromatic N) is 4. The number of hydrogen-bond donors (Lipinski definition) is 1. The monoisotopic (exact) mass is 425 g/mol. The van der Waals surface area contributed by atoms with Crippen LogP contribution in [0.3, 0.4) is 0 Å². The largest absolute Gasteiger partial charge is 0.344 e. The van der Waals surface area contributed by atoms with Gasteiger partial charge in [-0.3, -0.25) is 19.4 Å². The minimum Gasteiger partial charge on any atom is -0.344 e. The van der Waals surface area contributed by atoms with E-state index < -0.39 is 0 Å². The predicted octanol–water partition coefficient (Wildman–Crippen LogP) is 4.96. The second-order valence-electron chi connectivity index (χ2n) is 8.16. The van der Waals surface area contributed by atoms with Crippen molar-refractivity contribution in [1.82, 2.24) is 25.1 Å². The van der Waals surface area contributed by atoms with Crippen LogP contribution in [-0.2, 0) is 7.05 Å². The van der Waals surface area contributed by atoms with E-state index in [2.05, 4.69) is 57.6 Å². The predicted molar refractivity (Wildman–Crippen MR) is 126 cm³/mol. The molecule has 0 saturated heterocycles. The van der Waals surface area contributed by atoms with Gasteiger partial charge in [-0.05, 0) is 62.6 Å². The third-order valence-corrected chi connectivity index (χ3v) is 5.75. The molecule has 0 aliphatic rings.